The van der Waals surface area contributed by atoms with Gasteiger partial charge in [0, 0.05) is 0 Å². The molecule has 0 atom stereocenters. The first-order valence-electron chi connectivity index (χ1n) is 13.1. The van der Waals surface area contributed by atoms with Crippen molar-refractivity contribution in [1.29, 1.82) is 0 Å². The number of hydrogen-bond acceptors (Lipinski definition) is 0. The highest BCUT2D eigenvalue weighted by Gasteiger charge is 2.23. The van der Waals surface area contributed by atoms with Crippen LogP contribution in [0, 0.1) is 0 Å². The van der Waals surface area contributed by atoms with Crippen molar-refractivity contribution in [3.63, 3.8) is 0 Å². The molecule has 0 saturated carbocycles. The van der Waals surface area contributed by atoms with E-state index < -0.39 is 0 Å². The lowest BCUT2D eigenvalue weighted by molar-refractivity contribution is 1.07. The van der Waals surface area contributed by atoms with Gasteiger partial charge in [0.2, 0.25) is 0 Å². The van der Waals surface area contributed by atoms with Crippen LogP contribution < -0.4 is 0 Å². The van der Waals surface area contributed by atoms with Crippen LogP contribution in [0.15, 0.2) is 0 Å². The minimum atomic E-state index is 0.325. The summed E-state index contributed by atoms with van der Waals surface area (Å²) in [6, 6.07) is 0. The molecule has 0 nitrogen and oxygen atoms in total. The zero-order chi connectivity index (χ0) is 23.4. The van der Waals surface area contributed by atoms with E-state index in [1.54, 1.807) is 24.6 Å². The Morgan fingerprint density at radius 3 is 0.833 bits per heavy atom. The average Bonchev–Trinajstić information content (AvgIpc) is 2.79. The van der Waals surface area contributed by atoms with E-state index in [0.717, 1.165) is 5.66 Å². The first kappa shape index (κ1) is 34.3. The van der Waals surface area contributed by atoms with Gasteiger partial charge >= 0.3 is 0 Å². The second kappa shape index (κ2) is 24.3. The Kier molecular flexibility index (Phi) is 27.8. The summed E-state index contributed by atoms with van der Waals surface area (Å²) < 4.78 is 0. The van der Waals surface area contributed by atoms with Gasteiger partial charge in [0.15, 0.2) is 0 Å². The van der Waals surface area contributed by atoms with E-state index in [-0.39, 0.29) is 0 Å². The molecule has 0 amide bonds. The van der Waals surface area contributed by atoms with Crippen LogP contribution in [-0.2, 0) is 0 Å². The van der Waals surface area contributed by atoms with Gasteiger partial charge in [0.1, 0.15) is 0 Å². The lowest BCUT2D eigenvalue weighted by Gasteiger charge is -2.32. The minimum Gasteiger partial charge on any atom is -0.107 e. The predicted octanol–water partition coefficient (Wildman–Crippen LogP) is 9.95. The summed E-state index contributed by atoms with van der Waals surface area (Å²) in [5.41, 5.74) is 1.10. The van der Waals surface area contributed by atoms with Crippen LogP contribution in [0.25, 0.3) is 0 Å². The van der Waals surface area contributed by atoms with Crippen molar-refractivity contribution in [2.45, 2.75) is 74.9 Å². The van der Waals surface area contributed by atoms with Gasteiger partial charge in [0.05, 0.1) is 0 Å². The third kappa shape index (κ3) is 16.7. The molecule has 0 aliphatic carbocycles. The van der Waals surface area contributed by atoms with Gasteiger partial charge in [-0.15, -0.1) is 39.6 Å². The maximum absolute atomic E-state index is 2.43. The van der Waals surface area contributed by atoms with Crippen molar-refractivity contribution in [3.8, 4) is 0 Å². The summed E-state index contributed by atoms with van der Waals surface area (Å²) in [6.07, 6.45) is 20.8. The molecule has 0 aromatic heterocycles. The number of hydrogen-bond donors (Lipinski definition) is 0. The van der Waals surface area contributed by atoms with Gasteiger partial charge < -0.3 is 0 Å². The Morgan fingerprint density at radius 1 is 0.367 bits per heavy atom. The molecule has 0 heterocycles. The molecule has 0 spiro atoms. The van der Waals surface area contributed by atoms with Gasteiger partial charge in [-0.25, -0.2) is 0 Å². The molecule has 0 saturated heterocycles. The first-order chi connectivity index (χ1) is 14.4. The van der Waals surface area contributed by atoms with E-state index in [0.29, 0.717) is 39.6 Å². The summed E-state index contributed by atoms with van der Waals surface area (Å²) in [7, 11) is 1.85. The molecule has 184 valence electrons. The van der Waals surface area contributed by atoms with Gasteiger partial charge in [0.25, 0.3) is 0 Å². The second-order valence-electron chi connectivity index (χ2n) is 7.90. The standard InChI is InChI=1S/C15H35P3.C10H24P2/c1-7-16(8-2)13-15(18(11-5)12-6)14-17(9-3)10-4;1-5-11(6-2)9-10-12(7-3)8-4/h15H,7-14H2,1-6H3;5-10H2,1-4H3. The van der Waals surface area contributed by atoms with Crippen molar-refractivity contribution in [3.05, 3.63) is 0 Å². The van der Waals surface area contributed by atoms with Crippen molar-refractivity contribution < 1.29 is 0 Å². The summed E-state index contributed by atoms with van der Waals surface area (Å²) >= 11 is 0. The lowest BCUT2D eigenvalue weighted by atomic mass is 10.5. The highest BCUT2D eigenvalue weighted by molar-refractivity contribution is 7.64. The van der Waals surface area contributed by atoms with Crippen LogP contribution in [0.5, 0.6) is 0 Å². The van der Waals surface area contributed by atoms with E-state index >= 15 is 0 Å². The highest BCUT2D eigenvalue weighted by atomic mass is 31.1. The first-order valence-corrected chi connectivity index (χ1v) is 22.4. The lowest BCUT2D eigenvalue weighted by Crippen LogP contribution is -2.19. The zero-order valence-electron chi connectivity index (χ0n) is 22.7. The monoisotopic (exact) mass is 514 g/mol. The van der Waals surface area contributed by atoms with Gasteiger partial charge in [-0.2, -0.15) is 0 Å². The molecule has 0 bridgehead atoms. The molecule has 5 heteroatoms. The van der Waals surface area contributed by atoms with Crippen molar-refractivity contribution >= 4 is 39.6 Å². The van der Waals surface area contributed by atoms with Gasteiger partial charge in [-0.3, -0.25) is 0 Å². The van der Waals surface area contributed by atoms with E-state index in [9.17, 15) is 0 Å². The van der Waals surface area contributed by atoms with Crippen LogP contribution in [0.3, 0.4) is 0 Å². The molecule has 30 heavy (non-hydrogen) atoms. The normalized spacial score (nSPS) is 12.0. The van der Waals surface area contributed by atoms with Crippen LogP contribution in [0.2, 0.25) is 0 Å². The number of rotatable bonds is 18. The SMILES string of the molecule is CCP(CC)CC(CP(CC)CC)P(CC)CC.CCP(CC)CCP(CC)CC. The fourth-order valence-electron chi connectivity index (χ4n) is 3.95. The Morgan fingerprint density at radius 2 is 0.633 bits per heavy atom. The molecule has 0 N–H and O–H groups in total. The Labute approximate surface area is 200 Å². The van der Waals surface area contributed by atoms with E-state index in [1.165, 1.54) is 61.6 Å². The molecule has 0 aromatic rings. The predicted molar refractivity (Wildman–Crippen MR) is 163 cm³/mol. The maximum atomic E-state index is 2.43. The molecule has 0 aromatic carbocycles. The van der Waals surface area contributed by atoms with E-state index in [2.05, 4.69) is 69.2 Å². The Hall–Kier alpha value is 2.15. The summed E-state index contributed by atoms with van der Waals surface area (Å²) in [5.74, 6) is 0. The van der Waals surface area contributed by atoms with Crippen LogP contribution in [0.1, 0.15) is 69.2 Å². The zero-order valence-corrected chi connectivity index (χ0v) is 27.2. The van der Waals surface area contributed by atoms with Gasteiger partial charge in [-0.05, 0) is 91.9 Å². The van der Waals surface area contributed by atoms with E-state index in [1.807, 2.05) is 0 Å². The topological polar surface area (TPSA) is 0 Å². The molecule has 0 radical (unpaired) electrons. The Bertz CT molecular complexity index is 294. The van der Waals surface area contributed by atoms with Gasteiger partial charge in [-0.1, -0.05) is 69.2 Å². The summed E-state index contributed by atoms with van der Waals surface area (Å²) in [4.78, 5) is 0. The molecule has 0 aliphatic rings. The third-order valence-corrected chi connectivity index (χ3v) is 21.3. The largest absolute Gasteiger partial charge is 0.107 e. The fraction of sp³-hybridized carbons (Fsp3) is 1.00. The summed E-state index contributed by atoms with van der Waals surface area (Å²) in [5, 5.41) is 0. The van der Waals surface area contributed by atoms with Crippen LogP contribution in [-0.4, -0.2) is 91.9 Å². The molecule has 0 fully saturated rings. The second-order valence-corrected chi connectivity index (χ2v) is 23.1. The van der Waals surface area contributed by atoms with Crippen LogP contribution >= 0.6 is 39.6 Å². The molecule has 0 aliphatic heterocycles. The van der Waals surface area contributed by atoms with E-state index in [4.69, 9.17) is 0 Å². The average molecular weight is 515 g/mol. The highest BCUT2D eigenvalue weighted by Crippen LogP contribution is 2.52. The molecular formula is C25H59P5. The minimum absolute atomic E-state index is 0.325. The quantitative estimate of drug-likeness (QED) is 0.160. The molecule has 0 rings (SSSR count). The summed E-state index contributed by atoms with van der Waals surface area (Å²) in [6.45, 7) is 23.9. The third-order valence-electron chi connectivity index (χ3n) is 6.58. The fourth-order valence-corrected chi connectivity index (χ4v) is 16.7. The molecule has 0 unspecified atom stereocenters. The van der Waals surface area contributed by atoms with Crippen LogP contribution in [0.4, 0.5) is 0 Å². The van der Waals surface area contributed by atoms with Crippen molar-refractivity contribution in [2.75, 3.05) is 86.3 Å². The maximum Gasteiger partial charge on any atom is -0.0131 e. The van der Waals surface area contributed by atoms with Crippen molar-refractivity contribution in [2.24, 2.45) is 0 Å². The smallest absolute Gasteiger partial charge is 0.0131 e. The molecular weight excluding hydrogens is 455 g/mol. The Balaban J connectivity index is 0. The van der Waals surface area contributed by atoms with Crippen molar-refractivity contribution in [1.82, 2.24) is 0 Å².